The maximum atomic E-state index is 12.0. The topological polar surface area (TPSA) is 80.3 Å². The predicted octanol–water partition coefficient (Wildman–Crippen LogP) is 2.25. The highest BCUT2D eigenvalue weighted by molar-refractivity contribution is 7.97. The lowest BCUT2D eigenvalue weighted by molar-refractivity contribution is -0.139. The molecule has 1 aliphatic heterocycles. The Bertz CT molecular complexity index is 691. The van der Waals surface area contributed by atoms with Crippen molar-refractivity contribution in [3.05, 3.63) is 54.4 Å². The van der Waals surface area contributed by atoms with Gasteiger partial charge in [-0.15, -0.1) is 0 Å². The van der Waals surface area contributed by atoms with Gasteiger partial charge in [0, 0.05) is 35.0 Å². The van der Waals surface area contributed by atoms with Gasteiger partial charge in [-0.3, -0.25) is 14.6 Å². The van der Waals surface area contributed by atoms with E-state index < -0.39 is 0 Å². The second kappa shape index (κ2) is 7.26. The summed E-state index contributed by atoms with van der Waals surface area (Å²) >= 11 is 1.37. The van der Waals surface area contributed by atoms with Crippen molar-refractivity contribution in [2.45, 2.75) is 17.4 Å². The van der Waals surface area contributed by atoms with Gasteiger partial charge in [0.25, 0.3) is 5.91 Å². The Morgan fingerprint density at radius 3 is 2.57 bits per heavy atom. The van der Waals surface area contributed by atoms with Crippen LogP contribution >= 0.6 is 11.9 Å². The number of anilines is 1. The molecule has 1 saturated heterocycles. The number of carbonyl (C=O) groups is 2. The van der Waals surface area contributed by atoms with Gasteiger partial charge in [0.1, 0.15) is 6.04 Å². The van der Waals surface area contributed by atoms with Crippen molar-refractivity contribution in [2.24, 2.45) is 0 Å². The molecular weight excluding hydrogens is 314 g/mol. The molecule has 0 bridgehead atoms. The summed E-state index contributed by atoms with van der Waals surface area (Å²) in [7, 11) is 0. The zero-order chi connectivity index (χ0) is 16.1. The van der Waals surface area contributed by atoms with Crippen molar-refractivity contribution in [1.82, 2.24) is 9.71 Å². The molecule has 2 aromatic rings. The molecule has 2 heterocycles. The molecule has 1 aromatic heterocycles. The molecular formula is C16H15N3O3S. The van der Waals surface area contributed by atoms with Crippen LogP contribution in [-0.2, 0) is 9.53 Å². The third-order valence-electron chi connectivity index (χ3n) is 3.31. The van der Waals surface area contributed by atoms with E-state index in [9.17, 15) is 9.59 Å². The number of cyclic esters (lactones) is 1. The first-order chi connectivity index (χ1) is 11.2. The Morgan fingerprint density at radius 1 is 1.17 bits per heavy atom. The molecule has 0 spiro atoms. The fraction of sp³-hybridized carbons (Fsp3) is 0.188. The Kier molecular flexibility index (Phi) is 4.89. The van der Waals surface area contributed by atoms with Gasteiger partial charge >= 0.3 is 5.97 Å². The zero-order valence-corrected chi connectivity index (χ0v) is 13.0. The van der Waals surface area contributed by atoms with E-state index in [4.69, 9.17) is 4.74 Å². The fourth-order valence-electron chi connectivity index (χ4n) is 2.05. The minimum absolute atomic E-state index is 0.181. The zero-order valence-electron chi connectivity index (χ0n) is 12.2. The highest BCUT2D eigenvalue weighted by Crippen LogP contribution is 2.20. The van der Waals surface area contributed by atoms with E-state index in [1.54, 1.807) is 24.5 Å². The first-order valence-electron chi connectivity index (χ1n) is 7.13. The summed E-state index contributed by atoms with van der Waals surface area (Å²) in [6.07, 6.45) is 3.84. The Morgan fingerprint density at radius 2 is 1.91 bits per heavy atom. The van der Waals surface area contributed by atoms with E-state index in [0.717, 1.165) is 4.90 Å². The minimum Gasteiger partial charge on any atom is -0.464 e. The monoisotopic (exact) mass is 329 g/mol. The fourth-order valence-corrected chi connectivity index (χ4v) is 2.82. The predicted molar refractivity (Wildman–Crippen MR) is 87.0 cm³/mol. The number of hydrogen-bond acceptors (Lipinski definition) is 6. The summed E-state index contributed by atoms with van der Waals surface area (Å²) in [5, 5.41) is 2.82. The molecule has 2 N–H and O–H groups in total. The van der Waals surface area contributed by atoms with E-state index in [0.29, 0.717) is 24.3 Å². The van der Waals surface area contributed by atoms with Crippen molar-refractivity contribution >= 4 is 29.5 Å². The smallest absolute Gasteiger partial charge is 0.324 e. The van der Waals surface area contributed by atoms with Gasteiger partial charge in [0.2, 0.25) is 0 Å². The number of rotatable bonds is 5. The summed E-state index contributed by atoms with van der Waals surface area (Å²) in [5.41, 5.74) is 1.26. The van der Waals surface area contributed by atoms with E-state index in [-0.39, 0.29) is 17.9 Å². The van der Waals surface area contributed by atoms with Gasteiger partial charge in [-0.25, -0.2) is 4.72 Å². The maximum Gasteiger partial charge on any atom is 0.324 e. The van der Waals surface area contributed by atoms with Crippen molar-refractivity contribution in [3.8, 4) is 0 Å². The molecule has 1 unspecified atom stereocenters. The lowest BCUT2D eigenvalue weighted by atomic mass is 10.2. The SMILES string of the molecule is O=C(Nc1ccc(SNC2CCOC2=O)cc1)c1ccncc1. The highest BCUT2D eigenvalue weighted by Gasteiger charge is 2.26. The molecule has 3 rings (SSSR count). The second-order valence-electron chi connectivity index (χ2n) is 4.94. The largest absolute Gasteiger partial charge is 0.464 e. The molecule has 1 fully saturated rings. The number of nitrogens with one attached hydrogen (secondary N) is 2. The maximum absolute atomic E-state index is 12.0. The first kappa shape index (κ1) is 15.5. The number of carbonyl (C=O) groups excluding carboxylic acids is 2. The van der Waals surface area contributed by atoms with Crippen LogP contribution < -0.4 is 10.0 Å². The summed E-state index contributed by atoms with van der Waals surface area (Å²) in [6, 6.07) is 10.4. The Balaban J connectivity index is 1.54. The lowest BCUT2D eigenvalue weighted by Gasteiger charge is -2.09. The number of esters is 1. The van der Waals surface area contributed by atoms with Gasteiger partial charge < -0.3 is 10.1 Å². The van der Waals surface area contributed by atoms with Crippen molar-refractivity contribution < 1.29 is 14.3 Å². The lowest BCUT2D eigenvalue weighted by Crippen LogP contribution is -2.27. The molecule has 1 amide bonds. The quantitative estimate of drug-likeness (QED) is 0.647. The first-order valence-corrected chi connectivity index (χ1v) is 7.94. The van der Waals surface area contributed by atoms with Crippen LogP contribution in [0.5, 0.6) is 0 Å². The molecule has 23 heavy (non-hydrogen) atoms. The van der Waals surface area contributed by atoms with Crippen LogP contribution in [0.3, 0.4) is 0 Å². The minimum atomic E-state index is -0.258. The Labute approximate surface area is 137 Å². The van der Waals surface area contributed by atoms with Crippen LogP contribution in [0.4, 0.5) is 5.69 Å². The average molecular weight is 329 g/mol. The molecule has 7 heteroatoms. The van der Waals surface area contributed by atoms with Gasteiger partial charge in [-0.05, 0) is 48.3 Å². The van der Waals surface area contributed by atoms with Gasteiger partial charge in [-0.2, -0.15) is 0 Å². The van der Waals surface area contributed by atoms with Crippen molar-refractivity contribution in [1.29, 1.82) is 0 Å². The number of benzene rings is 1. The number of nitrogens with zero attached hydrogens (tertiary/aromatic N) is 1. The van der Waals surface area contributed by atoms with Crippen LogP contribution in [0.2, 0.25) is 0 Å². The number of ether oxygens (including phenoxy) is 1. The molecule has 1 aromatic carbocycles. The molecule has 1 aliphatic rings. The van der Waals surface area contributed by atoms with E-state index in [1.165, 1.54) is 11.9 Å². The third-order valence-corrected chi connectivity index (χ3v) is 4.22. The van der Waals surface area contributed by atoms with Crippen LogP contribution in [0.1, 0.15) is 16.8 Å². The molecule has 0 aliphatic carbocycles. The molecule has 0 radical (unpaired) electrons. The normalized spacial score (nSPS) is 16.9. The molecule has 1 atom stereocenters. The number of pyridine rings is 1. The number of hydrogen-bond donors (Lipinski definition) is 2. The van der Waals surface area contributed by atoms with Crippen LogP contribution in [0, 0.1) is 0 Å². The Hall–Kier alpha value is -2.38. The number of amides is 1. The number of aromatic nitrogens is 1. The van der Waals surface area contributed by atoms with Crippen LogP contribution in [0.15, 0.2) is 53.7 Å². The highest BCUT2D eigenvalue weighted by atomic mass is 32.2. The van der Waals surface area contributed by atoms with Gasteiger partial charge in [0.05, 0.1) is 6.61 Å². The van der Waals surface area contributed by atoms with Crippen LogP contribution in [-0.4, -0.2) is 29.5 Å². The van der Waals surface area contributed by atoms with E-state index >= 15 is 0 Å². The average Bonchev–Trinajstić information content (AvgIpc) is 3.00. The van der Waals surface area contributed by atoms with Gasteiger partial charge in [0.15, 0.2) is 0 Å². The summed E-state index contributed by atoms with van der Waals surface area (Å²) in [5.74, 6) is -0.390. The summed E-state index contributed by atoms with van der Waals surface area (Å²) in [4.78, 5) is 28.2. The molecule has 0 saturated carbocycles. The molecule has 118 valence electrons. The summed E-state index contributed by atoms with van der Waals surface area (Å²) < 4.78 is 7.97. The third kappa shape index (κ3) is 4.08. The standard InChI is InChI=1S/C16H15N3O3S/c20-15(11-5-8-17-9-6-11)18-12-1-3-13(4-2-12)23-19-14-7-10-22-16(14)21/h1-6,8-9,14,19H,7,10H2,(H,18,20). The second-order valence-corrected chi connectivity index (χ2v) is 5.85. The summed E-state index contributed by atoms with van der Waals surface area (Å²) in [6.45, 7) is 0.469. The molecule has 6 nitrogen and oxygen atoms in total. The van der Waals surface area contributed by atoms with Crippen LogP contribution in [0.25, 0.3) is 0 Å². The van der Waals surface area contributed by atoms with Crippen molar-refractivity contribution in [2.75, 3.05) is 11.9 Å². The van der Waals surface area contributed by atoms with Crippen molar-refractivity contribution in [3.63, 3.8) is 0 Å². The van der Waals surface area contributed by atoms with E-state index in [2.05, 4.69) is 15.0 Å². The van der Waals surface area contributed by atoms with Gasteiger partial charge in [-0.1, -0.05) is 0 Å². The van der Waals surface area contributed by atoms with E-state index in [1.807, 2.05) is 24.3 Å².